The van der Waals surface area contributed by atoms with Gasteiger partial charge in [0, 0.05) is 32.7 Å². The molecule has 1 unspecified atom stereocenters. The number of hydrogen-bond acceptors (Lipinski definition) is 3. The largest absolute Gasteiger partial charge is 0.379 e. The summed E-state index contributed by atoms with van der Waals surface area (Å²) in [6.45, 7) is 3.80. The van der Waals surface area contributed by atoms with Crippen LogP contribution in [0.2, 0.25) is 0 Å². The van der Waals surface area contributed by atoms with Crippen LogP contribution in [0.5, 0.6) is 0 Å². The van der Waals surface area contributed by atoms with E-state index in [9.17, 15) is 4.39 Å². The Hall–Kier alpha value is -1.92. The van der Waals surface area contributed by atoms with E-state index in [1.54, 1.807) is 19.2 Å². The molecule has 5 nitrogen and oxygen atoms in total. The number of rotatable bonds is 5. The lowest BCUT2D eigenvalue weighted by Crippen LogP contribution is -2.48. The van der Waals surface area contributed by atoms with E-state index in [-0.39, 0.29) is 11.9 Å². The third-order valence-electron chi connectivity index (χ3n) is 4.76. The average molecular weight is 346 g/mol. The fourth-order valence-corrected chi connectivity index (χ4v) is 3.38. The topological polar surface area (TPSA) is 48.9 Å². The Morgan fingerprint density at radius 1 is 1.32 bits per heavy atom. The van der Waals surface area contributed by atoms with Gasteiger partial charge in [0.2, 0.25) is 0 Å². The maximum absolute atomic E-state index is 13.7. The van der Waals surface area contributed by atoms with Gasteiger partial charge in [-0.2, -0.15) is 0 Å². The molecule has 1 fully saturated rings. The number of hydrogen-bond donors (Lipinski definition) is 2. The number of nitrogens with zero attached hydrogens (tertiary/aromatic N) is 2. The molecule has 2 N–H and O–H groups in total. The van der Waals surface area contributed by atoms with Crippen LogP contribution in [-0.4, -0.2) is 56.8 Å². The minimum Gasteiger partial charge on any atom is -0.379 e. The summed E-state index contributed by atoms with van der Waals surface area (Å²) in [6, 6.07) is 7.36. The standard InChI is InChI=1S/C19H27FN4O/c1-21-19(23-17-7-2-3-8-17)22-14-18(24-9-11-25-12-10-24)15-5-4-6-16(20)13-15/h2-6,13,17-18H,7-12,14H2,1H3,(H2,21,22,23). The summed E-state index contributed by atoms with van der Waals surface area (Å²) in [6.07, 6.45) is 6.43. The second-order valence-electron chi connectivity index (χ2n) is 6.46. The van der Waals surface area contributed by atoms with Crippen molar-refractivity contribution >= 4 is 5.96 Å². The molecule has 1 aliphatic carbocycles. The van der Waals surface area contributed by atoms with E-state index in [1.807, 2.05) is 6.07 Å². The maximum Gasteiger partial charge on any atom is 0.191 e. The zero-order chi connectivity index (χ0) is 17.5. The Morgan fingerprint density at radius 2 is 2.08 bits per heavy atom. The summed E-state index contributed by atoms with van der Waals surface area (Å²) < 4.78 is 19.2. The van der Waals surface area contributed by atoms with E-state index in [1.165, 1.54) is 6.07 Å². The Balaban J connectivity index is 1.66. The van der Waals surface area contributed by atoms with Gasteiger partial charge in [0.05, 0.1) is 19.3 Å². The number of benzene rings is 1. The van der Waals surface area contributed by atoms with Crippen LogP contribution >= 0.6 is 0 Å². The monoisotopic (exact) mass is 346 g/mol. The zero-order valence-electron chi connectivity index (χ0n) is 14.7. The number of morpholine rings is 1. The molecule has 1 aliphatic heterocycles. The predicted octanol–water partition coefficient (Wildman–Crippen LogP) is 2.08. The maximum atomic E-state index is 13.7. The van der Waals surface area contributed by atoms with Crippen LogP contribution in [-0.2, 0) is 4.74 Å². The second kappa shape index (κ2) is 8.97. The molecule has 3 rings (SSSR count). The van der Waals surface area contributed by atoms with Gasteiger partial charge in [-0.1, -0.05) is 24.3 Å². The molecular weight excluding hydrogens is 319 g/mol. The summed E-state index contributed by atoms with van der Waals surface area (Å²) in [4.78, 5) is 6.67. The first-order chi connectivity index (χ1) is 12.3. The summed E-state index contributed by atoms with van der Waals surface area (Å²) in [7, 11) is 1.78. The molecule has 0 radical (unpaired) electrons. The second-order valence-corrected chi connectivity index (χ2v) is 6.46. The van der Waals surface area contributed by atoms with Gasteiger partial charge in [-0.3, -0.25) is 9.89 Å². The molecule has 1 atom stereocenters. The number of aliphatic imine (C=N–C) groups is 1. The molecule has 1 aromatic rings. The van der Waals surface area contributed by atoms with Crippen LogP contribution in [0.3, 0.4) is 0 Å². The molecule has 1 saturated heterocycles. The molecule has 0 bridgehead atoms. The molecule has 136 valence electrons. The van der Waals surface area contributed by atoms with Gasteiger partial charge < -0.3 is 15.4 Å². The fourth-order valence-electron chi connectivity index (χ4n) is 3.38. The summed E-state index contributed by atoms with van der Waals surface area (Å²) in [5.74, 6) is 0.596. The van der Waals surface area contributed by atoms with Crippen LogP contribution in [0.25, 0.3) is 0 Å². The summed E-state index contributed by atoms with van der Waals surface area (Å²) >= 11 is 0. The van der Waals surface area contributed by atoms with Crippen molar-refractivity contribution in [2.24, 2.45) is 4.99 Å². The van der Waals surface area contributed by atoms with Crippen molar-refractivity contribution in [2.45, 2.75) is 24.9 Å². The van der Waals surface area contributed by atoms with Crippen LogP contribution in [0, 0.1) is 5.82 Å². The molecule has 0 spiro atoms. The van der Waals surface area contributed by atoms with E-state index < -0.39 is 0 Å². The van der Waals surface area contributed by atoms with Crippen LogP contribution in [0.4, 0.5) is 4.39 Å². The van der Waals surface area contributed by atoms with Crippen molar-refractivity contribution in [3.8, 4) is 0 Å². The highest BCUT2D eigenvalue weighted by Gasteiger charge is 2.23. The van der Waals surface area contributed by atoms with Crippen molar-refractivity contribution in [1.82, 2.24) is 15.5 Å². The SMILES string of the molecule is CN=C(NCC(c1cccc(F)c1)N1CCOCC1)NC1CC=CC1. The third kappa shape index (κ3) is 5.03. The lowest BCUT2D eigenvalue weighted by molar-refractivity contribution is 0.0169. The lowest BCUT2D eigenvalue weighted by Gasteiger charge is -2.35. The normalized spacial score (nSPS) is 20.6. The van der Waals surface area contributed by atoms with E-state index in [0.717, 1.165) is 37.5 Å². The first kappa shape index (κ1) is 17.9. The van der Waals surface area contributed by atoms with E-state index >= 15 is 0 Å². The predicted molar refractivity (Wildman–Crippen MR) is 98.2 cm³/mol. The summed E-state index contributed by atoms with van der Waals surface area (Å²) in [5, 5.41) is 6.86. The van der Waals surface area contributed by atoms with Gasteiger partial charge in [-0.05, 0) is 30.5 Å². The van der Waals surface area contributed by atoms with Crippen LogP contribution in [0.15, 0.2) is 41.4 Å². The first-order valence-electron chi connectivity index (χ1n) is 8.95. The minimum absolute atomic E-state index is 0.0832. The number of halogens is 1. The molecular formula is C19H27FN4O. The molecule has 1 aromatic carbocycles. The third-order valence-corrected chi connectivity index (χ3v) is 4.76. The lowest BCUT2D eigenvalue weighted by atomic mass is 10.0. The van der Waals surface area contributed by atoms with Crippen molar-refractivity contribution in [3.63, 3.8) is 0 Å². The van der Waals surface area contributed by atoms with E-state index in [0.29, 0.717) is 25.8 Å². The Kier molecular flexibility index (Phi) is 6.42. The van der Waals surface area contributed by atoms with Crippen molar-refractivity contribution in [1.29, 1.82) is 0 Å². The van der Waals surface area contributed by atoms with Crippen molar-refractivity contribution in [3.05, 3.63) is 47.8 Å². The zero-order valence-corrected chi connectivity index (χ0v) is 14.7. The Morgan fingerprint density at radius 3 is 2.76 bits per heavy atom. The fraction of sp³-hybridized carbons (Fsp3) is 0.526. The molecule has 1 heterocycles. The number of guanidine groups is 1. The van der Waals surface area contributed by atoms with Crippen molar-refractivity contribution < 1.29 is 9.13 Å². The molecule has 2 aliphatic rings. The van der Waals surface area contributed by atoms with Crippen LogP contribution < -0.4 is 10.6 Å². The van der Waals surface area contributed by atoms with Gasteiger partial charge in [0.15, 0.2) is 5.96 Å². The quantitative estimate of drug-likeness (QED) is 0.487. The Labute approximate surface area is 149 Å². The van der Waals surface area contributed by atoms with Crippen molar-refractivity contribution in [2.75, 3.05) is 39.9 Å². The number of nitrogens with one attached hydrogen (secondary N) is 2. The molecule has 6 heteroatoms. The molecule has 0 saturated carbocycles. The molecule has 0 aromatic heterocycles. The minimum atomic E-state index is -0.199. The van der Waals surface area contributed by atoms with Gasteiger partial charge in [0.1, 0.15) is 5.82 Å². The number of ether oxygens (including phenoxy) is 1. The van der Waals surface area contributed by atoms with Gasteiger partial charge in [-0.25, -0.2) is 4.39 Å². The smallest absolute Gasteiger partial charge is 0.191 e. The van der Waals surface area contributed by atoms with E-state index in [4.69, 9.17) is 4.74 Å². The summed E-state index contributed by atoms with van der Waals surface area (Å²) in [5.41, 5.74) is 0.979. The van der Waals surface area contributed by atoms with E-state index in [2.05, 4.69) is 32.7 Å². The van der Waals surface area contributed by atoms with Gasteiger partial charge in [0.25, 0.3) is 0 Å². The highest BCUT2D eigenvalue weighted by atomic mass is 19.1. The van der Waals surface area contributed by atoms with Crippen LogP contribution in [0.1, 0.15) is 24.4 Å². The first-order valence-corrected chi connectivity index (χ1v) is 8.95. The molecule has 25 heavy (non-hydrogen) atoms. The highest BCUT2D eigenvalue weighted by molar-refractivity contribution is 5.80. The van der Waals surface area contributed by atoms with Gasteiger partial charge in [-0.15, -0.1) is 0 Å². The average Bonchev–Trinajstić information content (AvgIpc) is 3.15. The Bertz CT molecular complexity index is 605. The van der Waals surface area contributed by atoms with Gasteiger partial charge >= 0.3 is 0 Å². The molecule has 0 amide bonds. The highest BCUT2D eigenvalue weighted by Crippen LogP contribution is 2.22.